The molecule has 0 atom stereocenters. The van der Waals surface area contributed by atoms with Gasteiger partial charge in [-0.1, -0.05) is 12.1 Å². The molecule has 0 fully saturated rings. The Labute approximate surface area is 134 Å². The summed E-state index contributed by atoms with van der Waals surface area (Å²) in [7, 11) is 1.84. The summed E-state index contributed by atoms with van der Waals surface area (Å²) in [6.07, 6.45) is 1.99. The van der Waals surface area contributed by atoms with Gasteiger partial charge in [0.2, 0.25) is 0 Å². The van der Waals surface area contributed by atoms with Gasteiger partial charge in [-0.25, -0.2) is 9.37 Å². The molecule has 0 saturated carbocycles. The number of hydrogen-bond donors (Lipinski definition) is 0. The molecule has 4 nitrogen and oxygen atoms in total. The quantitative estimate of drug-likeness (QED) is 0.740. The number of amides is 1. The van der Waals surface area contributed by atoms with E-state index >= 15 is 0 Å². The Kier molecular flexibility index (Phi) is 4.26. The normalized spacial score (nSPS) is 11.8. The monoisotopic (exact) mass is 333 g/mol. The van der Waals surface area contributed by atoms with Gasteiger partial charge in [0.25, 0.3) is 5.91 Å². The highest BCUT2D eigenvalue weighted by molar-refractivity contribution is 7.13. The van der Waals surface area contributed by atoms with Crippen LogP contribution < -0.4 is 4.80 Å². The van der Waals surface area contributed by atoms with Gasteiger partial charge in [-0.3, -0.25) is 4.79 Å². The zero-order chi connectivity index (χ0) is 15.5. The molecule has 0 bridgehead atoms. The Morgan fingerprint density at radius 1 is 1.41 bits per heavy atom. The third kappa shape index (κ3) is 3.37. The number of aryl methyl sites for hydroxylation is 1. The molecule has 2 heterocycles. The molecule has 1 amide bonds. The maximum absolute atomic E-state index is 13.2. The van der Waals surface area contributed by atoms with E-state index in [4.69, 9.17) is 0 Å². The van der Waals surface area contributed by atoms with Crippen molar-refractivity contribution in [3.05, 3.63) is 57.5 Å². The summed E-state index contributed by atoms with van der Waals surface area (Å²) in [5, 5.41) is 4.38. The van der Waals surface area contributed by atoms with Crippen molar-refractivity contribution in [3.8, 4) is 10.6 Å². The van der Waals surface area contributed by atoms with E-state index in [1.54, 1.807) is 16.7 Å². The van der Waals surface area contributed by atoms with E-state index < -0.39 is 0 Å². The van der Waals surface area contributed by atoms with Gasteiger partial charge in [-0.2, -0.15) is 4.99 Å². The number of thiazole rings is 2. The van der Waals surface area contributed by atoms with Gasteiger partial charge >= 0.3 is 0 Å². The van der Waals surface area contributed by atoms with E-state index in [1.807, 2.05) is 24.0 Å². The molecular formula is C15H12FN3OS2. The molecule has 0 aliphatic carbocycles. The summed E-state index contributed by atoms with van der Waals surface area (Å²) in [4.78, 5) is 21.1. The Bertz CT molecular complexity index is 879. The van der Waals surface area contributed by atoms with Gasteiger partial charge in [0.1, 0.15) is 10.8 Å². The summed E-state index contributed by atoms with van der Waals surface area (Å²) in [5.41, 5.74) is 1.36. The molecule has 0 radical (unpaired) electrons. The lowest BCUT2D eigenvalue weighted by Gasteiger charge is -1.95. The molecule has 0 spiro atoms. The van der Waals surface area contributed by atoms with E-state index in [0.29, 0.717) is 21.1 Å². The van der Waals surface area contributed by atoms with E-state index in [9.17, 15) is 9.18 Å². The first-order valence-corrected chi connectivity index (χ1v) is 8.26. The second kappa shape index (κ2) is 6.33. The van der Waals surface area contributed by atoms with Crippen LogP contribution in [0.1, 0.15) is 5.69 Å². The summed E-state index contributed by atoms with van der Waals surface area (Å²) in [6.45, 7) is 0. The molecule has 7 heteroatoms. The smallest absolute Gasteiger partial charge is 0.254 e. The van der Waals surface area contributed by atoms with Crippen LogP contribution in [0.15, 0.2) is 46.2 Å². The van der Waals surface area contributed by atoms with Crippen LogP contribution in [0.4, 0.5) is 4.39 Å². The highest BCUT2D eigenvalue weighted by Gasteiger charge is 2.09. The van der Waals surface area contributed by atoms with Crippen LogP contribution >= 0.6 is 22.7 Å². The van der Waals surface area contributed by atoms with Crippen molar-refractivity contribution >= 4 is 28.6 Å². The molecular weight excluding hydrogens is 321 g/mol. The van der Waals surface area contributed by atoms with Crippen molar-refractivity contribution in [1.29, 1.82) is 0 Å². The number of hydrogen-bond acceptors (Lipinski definition) is 4. The molecule has 1 aromatic carbocycles. The van der Waals surface area contributed by atoms with Crippen LogP contribution in [-0.2, 0) is 18.3 Å². The van der Waals surface area contributed by atoms with Crippen molar-refractivity contribution in [3.63, 3.8) is 0 Å². The fraction of sp³-hybridized carbons (Fsp3) is 0.133. The SMILES string of the molecule is Cn1ccsc1=NC(=O)Cc1csc(-c2cccc(F)c2)n1. The van der Waals surface area contributed by atoms with Crippen LogP contribution in [-0.4, -0.2) is 15.5 Å². The maximum atomic E-state index is 13.2. The molecule has 3 rings (SSSR count). The predicted octanol–water partition coefficient (Wildman–Crippen LogP) is 3.02. The lowest BCUT2D eigenvalue weighted by Crippen LogP contribution is -2.13. The van der Waals surface area contributed by atoms with Crippen LogP contribution in [0.2, 0.25) is 0 Å². The summed E-state index contributed by atoms with van der Waals surface area (Å²) in [6, 6.07) is 6.26. The third-order valence-electron chi connectivity index (χ3n) is 2.94. The van der Waals surface area contributed by atoms with Crippen LogP contribution in [0.5, 0.6) is 0 Å². The molecule has 22 heavy (non-hydrogen) atoms. The minimum Gasteiger partial charge on any atom is -0.327 e. The second-order valence-corrected chi connectivity index (χ2v) is 6.36. The average molecular weight is 333 g/mol. The van der Waals surface area contributed by atoms with Gasteiger partial charge in [0.05, 0.1) is 12.1 Å². The Hall–Kier alpha value is -2.12. The first-order chi connectivity index (χ1) is 10.6. The third-order valence-corrected chi connectivity index (χ3v) is 4.72. The number of nitrogens with zero attached hydrogens (tertiary/aromatic N) is 3. The standard InChI is InChI=1S/C15H12FN3OS2/c1-19-5-6-21-15(19)18-13(20)8-12-9-22-14(17-12)10-3-2-4-11(16)7-10/h2-7,9H,8H2,1H3. The minimum atomic E-state index is -0.300. The van der Waals surface area contributed by atoms with Crippen molar-refractivity contribution < 1.29 is 9.18 Å². The van der Waals surface area contributed by atoms with Gasteiger partial charge in [0.15, 0.2) is 4.80 Å². The Balaban J connectivity index is 1.78. The van der Waals surface area contributed by atoms with Gasteiger partial charge in [0, 0.05) is 29.6 Å². The first kappa shape index (κ1) is 14.8. The fourth-order valence-corrected chi connectivity index (χ4v) is 3.44. The first-order valence-electron chi connectivity index (χ1n) is 6.50. The Morgan fingerprint density at radius 3 is 3.00 bits per heavy atom. The number of rotatable bonds is 3. The highest BCUT2D eigenvalue weighted by Crippen LogP contribution is 2.24. The minimum absolute atomic E-state index is 0.143. The van der Waals surface area contributed by atoms with Crippen molar-refractivity contribution in [2.75, 3.05) is 0 Å². The summed E-state index contributed by atoms with van der Waals surface area (Å²) in [5.74, 6) is -0.542. The lowest BCUT2D eigenvalue weighted by atomic mass is 10.2. The predicted molar refractivity (Wildman–Crippen MR) is 85.1 cm³/mol. The lowest BCUT2D eigenvalue weighted by molar-refractivity contribution is -0.117. The van der Waals surface area contributed by atoms with Crippen molar-refractivity contribution in [1.82, 2.24) is 9.55 Å². The summed E-state index contributed by atoms with van der Waals surface area (Å²) < 4.78 is 15.0. The average Bonchev–Trinajstić information content (AvgIpc) is 3.09. The van der Waals surface area contributed by atoms with Crippen LogP contribution in [0.3, 0.4) is 0 Å². The zero-order valence-corrected chi connectivity index (χ0v) is 13.3. The molecule has 2 aromatic heterocycles. The number of carbonyl (C=O) groups excluding carboxylic acids is 1. The van der Waals surface area contributed by atoms with E-state index in [-0.39, 0.29) is 18.1 Å². The molecule has 0 saturated heterocycles. The summed E-state index contributed by atoms with van der Waals surface area (Å²) >= 11 is 2.80. The number of carbonyl (C=O) groups is 1. The number of halogens is 1. The molecule has 0 aliphatic rings. The number of benzene rings is 1. The Morgan fingerprint density at radius 2 is 2.27 bits per heavy atom. The van der Waals surface area contributed by atoms with Gasteiger partial charge in [-0.05, 0) is 12.1 Å². The van der Waals surface area contributed by atoms with Gasteiger partial charge < -0.3 is 4.57 Å². The topological polar surface area (TPSA) is 47.2 Å². The number of aromatic nitrogens is 2. The van der Waals surface area contributed by atoms with E-state index in [2.05, 4.69) is 9.98 Å². The molecule has 112 valence electrons. The van der Waals surface area contributed by atoms with Crippen molar-refractivity contribution in [2.24, 2.45) is 12.0 Å². The van der Waals surface area contributed by atoms with E-state index in [1.165, 1.54) is 34.8 Å². The fourth-order valence-electron chi connectivity index (χ4n) is 1.88. The largest absolute Gasteiger partial charge is 0.327 e. The maximum Gasteiger partial charge on any atom is 0.254 e. The van der Waals surface area contributed by atoms with Crippen LogP contribution in [0.25, 0.3) is 10.6 Å². The van der Waals surface area contributed by atoms with E-state index in [0.717, 1.165) is 0 Å². The molecule has 0 N–H and O–H groups in total. The van der Waals surface area contributed by atoms with Gasteiger partial charge in [-0.15, -0.1) is 22.7 Å². The zero-order valence-electron chi connectivity index (χ0n) is 11.7. The molecule has 0 unspecified atom stereocenters. The van der Waals surface area contributed by atoms with Crippen molar-refractivity contribution in [2.45, 2.75) is 6.42 Å². The molecule has 3 aromatic rings. The molecule has 0 aliphatic heterocycles. The van der Waals surface area contributed by atoms with Crippen LogP contribution in [0, 0.1) is 5.82 Å². The highest BCUT2D eigenvalue weighted by atomic mass is 32.1. The second-order valence-electron chi connectivity index (χ2n) is 4.63.